The van der Waals surface area contributed by atoms with Gasteiger partial charge < -0.3 is 4.98 Å². The van der Waals surface area contributed by atoms with Crippen molar-refractivity contribution in [2.75, 3.05) is 4.72 Å². The molecule has 2 N–H and O–H groups in total. The molecule has 8 nitrogen and oxygen atoms in total. The number of aromatic nitrogens is 2. The lowest BCUT2D eigenvalue weighted by Gasteiger charge is -2.06. The van der Waals surface area contributed by atoms with Gasteiger partial charge in [-0.3, -0.25) is 14.8 Å². The molecule has 0 radical (unpaired) electrons. The van der Waals surface area contributed by atoms with Crippen LogP contribution in [-0.4, -0.2) is 23.3 Å². The summed E-state index contributed by atoms with van der Waals surface area (Å²) in [5.74, 6) is 0.468. The number of hydrogen-bond acceptors (Lipinski definition) is 5. The van der Waals surface area contributed by atoms with Gasteiger partial charge in [0.05, 0.1) is 21.3 Å². The van der Waals surface area contributed by atoms with Gasteiger partial charge in [0.1, 0.15) is 5.82 Å². The van der Waals surface area contributed by atoms with Crippen molar-refractivity contribution < 1.29 is 13.3 Å². The largest absolute Gasteiger partial charge is 0.332 e. The highest BCUT2D eigenvalue weighted by Crippen LogP contribution is 2.28. The molecule has 0 spiro atoms. The van der Waals surface area contributed by atoms with Gasteiger partial charge in [0.15, 0.2) is 5.03 Å². The van der Waals surface area contributed by atoms with Crippen LogP contribution in [0.15, 0.2) is 33.9 Å². The lowest BCUT2D eigenvalue weighted by atomic mass is 10.3. The van der Waals surface area contributed by atoms with Crippen molar-refractivity contribution in [1.29, 1.82) is 0 Å². The van der Waals surface area contributed by atoms with Gasteiger partial charge in [0.2, 0.25) is 0 Å². The van der Waals surface area contributed by atoms with E-state index in [1.54, 1.807) is 6.92 Å². The van der Waals surface area contributed by atoms with Crippen molar-refractivity contribution in [2.24, 2.45) is 0 Å². The Morgan fingerprint density at radius 1 is 1.45 bits per heavy atom. The number of aryl methyl sites for hydroxylation is 1. The number of nitrogens with zero attached hydrogens (tertiary/aromatic N) is 2. The van der Waals surface area contributed by atoms with Gasteiger partial charge in [-0.1, -0.05) is 0 Å². The number of hydrogen-bond donors (Lipinski definition) is 2. The highest BCUT2D eigenvalue weighted by Gasteiger charge is 2.18. The molecule has 20 heavy (non-hydrogen) atoms. The zero-order valence-corrected chi connectivity index (χ0v) is 12.5. The van der Waals surface area contributed by atoms with Crippen LogP contribution in [0.5, 0.6) is 0 Å². The summed E-state index contributed by atoms with van der Waals surface area (Å²) in [5, 5.41) is 10.6. The van der Waals surface area contributed by atoms with E-state index in [0.717, 1.165) is 0 Å². The first-order valence-corrected chi connectivity index (χ1v) is 7.55. The lowest BCUT2D eigenvalue weighted by Crippen LogP contribution is -2.13. The molecule has 1 heterocycles. The van der Waals surface area contributed by atoms with Gasteiger partial charge >= 0.3 is 0 Å². The predicted octanol–water partition coefficient (Wildman–Crippen LogP) is 2.19. The fraction of sp³-hybridized carbons (Fsp3) is 0.100. The van der Waals surface area contributed by atoms with Crippen LogP contribution in [0, 0.1) is 17.0 Å². The molecule has 0 aliphatic rings. The molecule has 0 saturated heterocycles. The topological polar surface area (TPSA) is 118 Å². The third kappa shape index (κ3) is 2.96. The molecule has 0 aliphatic carbocycles. The number of nitro groups is 1. The zero-order chi connectivity index (χ0) is 14.9. The van der Waals surface area contributed by atoms with E-state index in [1.807, 2.05) is 0 Å². The summed E-state index contributed by atoms with van der Waals surface area (Å²) in [5.41, 5.74) is 0.0556. The van der Waals surface area contributed by atoms with E-state index in [2.05, 4.69) is 30.6 Å². The first kappa shape index (κ1) is 14.5. The van der Waals surface area contributed by atoms with Crippen molar-refractivity contribution >= 4 is 37.3 Å². The number of rotatable bonds is 4. The van der Waals surface area contributed by atoms with Crippen LogP contribution in [0.4, 0.5) is 11.4 Å². The Labute approximate surface area is 122 Å². The molecule has 2 rings (SSSR count). The van der Waals surface area contributed by atoms with E-state index < -0.39 is 14.9 Å². The smallest absolute Gasteiger partial charge is 0.283 e. The molecule has 2 aromatic rings. The summed E-state index contributed by atoms with van der Waals surface area (Å²) < 4.78 is 26.5. The normalized spacial score (nSPS) is 11.3. The number of sulfonamides is 1. The zero-order valence-electron chi connectivity index (χ0n) is 10.1. The van der Waals surface area contributed by atoms with Gasteiger partial charge in [-0.2, -0.15) is 8.42 Å². The van der Waals surface area contributed by atoms with Crippen molar-refractivity contribution in [3.63, 3.8) is 0 Å². The van der Waals surface area contributed by atoms with Crippen LogP contribution >= 0.6 is 15.9 Å². The van der Waals surface area contributed by atoms with Crippen LogP contribution in [0.1, 0.15) is 5.82 Å². The monoisotopic (exact) mass is 360 g/mol. The van der Waals surface area contributed by atoms with Crippen LogP contribution in [0.3, 0.4) is 0 Å². The van der Waals surface area contributed by atoms with E-state index >= 15 is 0 Å². The molecule has 1 aromatic carbocycles. The summed E-state index contributed by atoms with van der Waals surface area (Å²) in [6.45, 7) is 1.63. The first-order valence-electron chi connectivity index (χ1n) is 5.28. The van der Waals surface area contributed by atoms with Crippen molar-refractivity contribution in [3.8, 4) is 0 Å². The fourth-order valence-corrected chi connectivity index (χ4v) is 3.01. The third-order valence-corrected chi connectivity index (χ3v) is 4.29. The summed E-state index contributed by atoms with van der Waals surface area (Å²) in [7, 11) is -3.80. The number of halogens is 1. The van der Waals surface area contributed by atoms with Crippen LogP contribution in [-0.2, 0) is 10.0 Å². The summed E-state index contributed by atoms with van der Waals surface area (Å²) in [6.07, 6.45) is 1.19. The highest BCUT2D eigenvalue weighted by atomic mass is 79.9. The predicted molar refractivity (Wildman–Crippen MR) is 74.9 cm³/mol. The molecule has 1 aromatic heterocycles. The number of nitro benzene ring substituents is 1. The van der Waals surface area contributed by atoms with Gasteiger partial charge in [-0.05, 0) is 35.0 Å². The second kappa shape index (κ2) is 5.21. The van der Waals surface area contributed by atoms with Crippen molar-refractivity contribution in [2.45, 2.75) is 11.9 Å². The average molecular weight is 361 g/mol. The maximum Gasteiger partial charge on any atom is 0.283 e. The Balaban J connectivity index is 2.30. The minimum absolute atomic E-state index is 0.0792. The summed E-state index contributed by atoms with van der Waals surface area (Å²) in [6, 6.07) is 3.84. The van der Waals surface area contributed by atoms with Crippen LogP contribution in [0.25, 0.3) is 0 Å². The minimum Gasteiger partial charge on any atom is -0.332 e. The van der Waals surface area contributed by atoms with Crippen LogP contribution < -0.4 is 4.72 Å². The third-order valence-electron chi connectivity index (χ3n) is 2.37. The Kier molecular flexibility index (Phi) is 3.77. The number of anilines is 1. The number of nitrogens with one attached hydrogen (secondary N) is 2. The minimum atomic E-state index is -3.80. The Bertz CT molecular complexity index is 771. The Morgan fingerprint density at radius 3 is 2.65 bits per heavy atom. The average Bonchev–Trinajstić information content (AvgIpc) is 2.75. The van der Waals surface area contributed by atoms with Gasteiger partial charge in [-0.25, -0.2) is 4.98 Å². The molecule has 106 valence electrons. The molecule has 10 heteroatoms. The van der Waals surface area contributed by atoms with Crippen molar-refractivity contribution in [1.82, 2.24) is 9.97 Å². The van der Waals surface area contributed by atoms with Gasteiger partial charge in [0, 0.05) is 6.07 Å². The number of aromatic amines is 1. The van der Waals surface area contributed by atoms with Crippen LogP contribution in [0.2, 0.25) is 0 Å². The van der Waals surface area contributed by atoms with E-state index in [1.165, 1.54) is 24.4 Å². The number of benzene rings is 1. The molecule has 0 unspecified atom stereocenters. The number of H-pyrrole nitrogens is 1. The Hall–Kier alpha value is -1.94. The van der Waals surface area contributed by atoms with E-state index in [4.69, 9.17) is 0 Å². The Morgan fingerprint density at radius 2 is 2.15 bits per heavy atom. The molecular formula is C10H9BrN4O4S. The molecule has 0 amide bonds. The van der Waals surface area contributed by atoms with Gasteiger partial charge in [0.25, 0.3) is 15.7 Å². The lowest BCUT2D eigenvalue weighted by molar-refractivity contribution is -0.385. The molecule has 0 bridgehead atoms. The van der Waals surface area contributed by atoms with E-state index in [0.29, 0.717) is 5.82 Å². The van der Waals surface area contributed by atoms with Crippen molar-refractivity contribution in [3.05, 3.63) is 44.8 Å². The van der Waals surface area contributed by atoms with E-state index in [9.17, 15) is 18.5 Å². The molecule has 0 aliphatic heterocycles. The van der Waals surface area contributed by atoms with E-state index in [-0.39, 0.29) is 20.9 Å². The molecule has 0 saturated carbocycles. The quantitative estimate of drug-likeness (QED) is 0.639. The maximum absolute atomic E-state index is 12.0. The second-order valence-electron chi connectivity index (χ2n) is 3.86. The molecule has 0 fully saturated rings. The van der Waals surface area contributed by atoms with Gasteiger partial charge in [-0.15, -0.1) is 0 Å². The fourth-order valence-electron chi connectivity index (χ4n) is 1.46. The summed E-state index contributed by atoms with van der Waals surface area (Å²) >= 11 is 3.02. The standard InChI is InChI=1S/C10H9BrN4O4S/c1-6-12-5-10(13-6)20(18,19)14-7-2-3-9(15(16)17)8(11)4-7/h2-5,14H,1H3,(H,12,13). The first-order chi connectivity index (χ1) is 9.29. The molecule has 0 atom stereocenters. The molecular weight excluding hydrogens is 352 g/mol. The summed E-state index contributed by atoms with van der Waals surface area (Å²) in [4.78, 5) is 16.5. The highest BCUT2D eigenvalue weighted by molar-refractivity contribution is 9.10. The SMILES string of the molecule is Cc1ncc(S(=O)(=O)Nc2ccc([N+](=O)[O-])c(Br)c2)[nH]1. The second-order valence-corrected chi connectivity index (χ2v) is 6.37. The maximum atomic E-state index is 12.0. The number of imidazole rings is 1.